The molecule has 3 rings (SSSR count). The summed E-state index contributed by atoms with van der Waals surface area (Å²) in [6.07, 6.45) is 10.2. The number of pyridine rings is 1. The van der Waals surface area contributed by atoms with Crippen molar-refractivity contribution >= 4 is 16.9 Å². The molecule has 1 saturated heterocycles. The van der Waals surface area contributed by atoms with Crippen molar-refractivity contribution in [2.45, 2.75) is 33.2 Å². The molecule has 0 amide bonds. The molecule has 1 aliphatic rings. The molecule has 6 nitrogen and oxygen atoms in total. The second-order valence-electron chi connectivity index (χ2n) is 5.90. The highest BCUT2D eigenvalue weighted by Crippen LogP contribution is 2.31. The number of hydrogen-bond donors (Lipinski definition) is 2. The predicted octanol–water partition coefficient (Wildman–Crippen LogP) is 4.12. The normalized spacial score (nSPS) is 18.0. The number of likely N-dealkylation sites (N-methyl/N-ethyl adjacent to an activating group) is 1. The first-order chi connectivity index (χ1) is 12.7. The topological polar surface area (TPSA) is 66.1 Å². The minimum atomic E-state index is 0.381. The lowest BCUT2D eigenvalue weighted by molar-refractivity contribution is 0.414. The van der Waals surface area contributed by atoms with E-state index < -0.39 is 0 Å². The molecule has 0 bridgehead atoms. The Labute approximate surface area is 155 Å². The maximum absolute atomic E-state index is 6.00. The zero-order valence-corrected chi connectivity index (χ0v) is 16.1. The van der Waals surface area contributed by atoms with Gasteiger partial charge in [-0.25, -0.2) is 4.98 Å². The van der Waals surface area contributed by atoms with E-state index >= 15 is 0 Å². The molecule has 2 aromatic heterocycles. The van der Waals surface area contributed by atoms with Crippen LogP contribution in [0.2, 0.25) is 0 Å². The zero-order chi connectivity index (χ0) is 18.9. The number of allylic oxidation sites excluding steroid dienone is 4. The molecule has 2 N–H and O–H groups in total. The average Bonchev–Trinajstić information content (AvgIpc) is 3.27. The number of likely N-dealkylation sites (tertiary alicyclic amines) is 1. The van der Waals surface area contributed by atoms with Crippen molar-refractivity contribution in [3.05, 3.63) is 48.9 Å². The molecular weight excluding hydrogens is 326 g/mol. The molecule has 3 heterocycles. The van der Waals surface area contributed by atoms with E-state index in [1.807, 2.05) is 45.1 Å². The van der Waals surface area contributed by atoms with Crippen LogP contribution in [0.25, 0.3) is 11.0 Å². The first-order valence-electron chi connectivity index (χ1n) is 9.12. The Morgan fingerprint density at radius 3 is 2.92 bits per heavy atom. The van der Waals surface area contributed by atoms with Crippen LogP contribution in [-0.2, 0) is 0 Å². The summed E-state index contributed by atoms with van der Waals surface area (Å²) in [6, 6.07) is 2.23. The van der Waals surface area contributed by atoms with E-state index in [-0.39, 0.29) is 0 Å². The number of nitrogens with one attached hydrogen (secondary N) is 2. The van der Waals surface area contributed by atoms with Crippen LogP contribution in [0.3, 0.4) is 0 Å². The molecule has 6 heteroatoms. The van der Waals surface area contributed by atoms with E-state index in [2.05, 4.69) is 39.0 Å². The SMILES string of the molecule is C=C/C(=C\C=C/C)Oc1ccnc2[nH]nc(NC3CCN(C)C3)c12.CC. The standard InChI is InChI=1S/C18H23N5O.C2H6/c1-4-6-7-14(5-2)24-15-8-10-19-17-16(15)18(22-21-17)20-13-9-11-23(3)12-13;1-2/h4-8,10,13H,2,9,11-12H2,1,3H3,(H2,19,20,21,22);1-2H3/b6-4-,14-7+;. The molecule has 0 saturated carbocycles. The lowest BCUT2D eigenvalue weighted by Crippen LogP contribution is -2.23. The molecule has 1 aliphatic heterocycles. The van der Waals surface area contributed by atoms with Gasteiger partial charge in [-0.1, -0.05) is 32.6 Å². The number of rotatable bonds is 6. The van der Waals surface area contributed by atoms with Crippen molar-refractivity contribution < 1.29 is 4.74 Å². The van der Waals surface area contributed by atoms with Gasteiger partial charge < -0.3 is 15.0 Å². The van der Waals surface area contributed by atoms with E-state index in [1.54, 1.807) is 12.3 Å². The predicted molar refractivity (Wildman–Crippen MR) is 108 cm³/mol. The summed E-state index contributed by atoms with van der Waals surface area (Å²) in [7, 11) is 2.13. The first-order valence-corrected chi connectivity index (χ1v) is 9.12. The largest absolute Gasteiger partial charge is 0.456 e. The highest BCUT2D eigenvalue weighted by atomic mass is 16.5. The molecule has 26 heavy (non-hydrogen) atoms. The van der Waals surface area contributed by atoms with Gasteiger partial charge in [0, 0.05) is 24.8 Å². The average molecular weight is 355 g/mol. The Kier molecular flexibility index (Phi) is 7.41. The molecule has 1 unspecified atom stereocenters. The molecule has 0 aromatic carbocycles. The molecular formula is C20H29N5O. The van der Waals surface area contributed by atoms with Crippen LogP contribution < -0.4 is 10.1 Å². The minimum Gasteiger partial charge on any atom is -0.456 e. The lowest BCUT2D eigenvalue weighted by atomic mass is 10.2. The highest BCUT2D eigenvalue weighted by Gasteiger charge is 2.22. The van der Waals surface area contributed by atoms with Crippen LogP contribution in [-0.4, -0.2) is 46.3 Å². The van der Waals surface area contributed by atoms with Gasteiger partial charge in [0.15, 0.2) is 11.5 Å². The van der Waals surface area contributed by atoms with Gasteiger partial charge in [0.25, 0.3) is 0 Å². The third-order valence-electron chi connectivity index (χ3n) is 4.04. The number of hydrogen-bond acceptors (Lipinski definition) is 5. The quantitative estimate of drug-likeness (QED) is 0.602. The fraction of sp³-hybridized carbons (Fsp3) is 0.400. The molecule has 1 fully saturated rings. The number of fused-ring (bicyclic) bond motifs is 1. The maximum atomic E-state index is 6.00. The summed E-state index contributed by atoms with van der Waals surface area (Å²) in [5.41, 5.74) is 0.704. The third-order valence-corrected chi connectivity index (χ3v) is 4.04. The van der Waals surface area contributed by atoms with Crippen LogP contribution in [0.5, 0.6) is 5.75 Å². The number of anilines is 1. The number of aromatic amines is 1. The highest BCUT2D eigenvalue weighted by molar-refractivity contribution is 5.93. The van der Waals surface area contributed by atoms with Gasteiger partial charge >= 0.3 is 0 Å². The van der Waals surface area contributed by atoms with Crippen LogP contribution in [0.1, 0.15) is 27.2 Å². The Balaban J connectivity index is 0.00000117. The Morgan fingerprint density at radius 1 is 1.46 bits per heavy atom. The summed E-state index contributed by atoms with van der Waals surface area (Å²) < 4.78 is 6.00. The van der Waals surface area contributed by atoms with Crippen LogP contribution >= 0.6 is 0 Å². The van der Waals surface area contributed by atoms with Crippen LogP contribution in [0, 0.1) is 0 Å². The third kappa shape index (κ3) is 4.73. The fourth-order valence-corrected chi connectivity index (χ4v) is 2.82. The number of ether oxygens (including phenoxy) is 1. The van der Waals surface area contributed by atoms with Gasteiger partial charge in [0.1, 0.15) is 16.9 Å². The van der Waals surface area contributed by atoms with Gasteiger partial charge in [-0.05, 0) is 39.1 Å². The van der Waals surface area contributed by atoms with Gasteiger partial charge in [0.2, 0.25) is 0 Å². The first kappa shape index (κ1) is 19.7. The number of aromatic nitrogens is 3. The lowest BCUT2D eigenvalue weighted by Gasteiger charge is -2.13. The Hall–Kier alpha value is -2.60. The molecule has 1 atom stereocenters. The van der Waals surface area contributed by atoms with Crippen molar-refractivity contribution in [2.24, 2.45) is 0 Å². The van der Waals surface area contributed by atoms with E-state index in [4.69, 9.17) is 4.74 Å². The molecule has 140 valence electrons. The molecule has 0 aliphatic carbocycles. The molecule has 0 spiro atoms. The number of nitrogens with zero attached hydrogens (tertiary/aromatic N) is 3. The summed E-state index contributed by atoms with van der Waals surface area (Å²) in [5.74, 6) is 2.16. The monoisotopic (exact) mass is 355 g/mol. The minimum absolute atomic E-state index is 0.381. The van der Waals surface area contributed by atoms with Gasteiger partial charge in [0.05, 0.1) is 0 Å². The van der Waals surface area contributed by atoms with E-state index in [9.17, 15) is 0 Å². The Morgan fingerprint density at radius 2 is 2.27 bits per heavy atom. The van der Waals surface area contributed by atoms with E-state index in [0.29, 0.717) is 23.2 Å². The van der Waals surface area contributed by atoms with Crippen molar-refractivity contribution in [1.82, 2.24) is 20.1 Å². The summed E-state index contributed by atoms with van der Waals surface area (Å²) >= 11 is 0. The Bertz CT molecular complexity index is 778. The summed E-state index contributed by atoms with van der Waals surface area (Å²) in [6.45, 7) is 11.9. The van der Waals surface area contributed by atoms with Gasteiger partial charge in [-0.2, -0.15) is 5.10 Å². The van der Waals surface area contributed by atoms with E-state index in [0.717, 1.165) is 30.7 Å². The van der Waals surface area contributed by atoms with Crippen molar-refractivity contribution in [3.63, 3.8) is 0 Å². The van der Waals surface area contributed by atoms with Gasteiger partial charge in [-0.3, -0.25) is 5.10 Å². The van der Waals surface area contributed by atoms with Crippen molar-refractivity contribution in [2.75, 3.05) is 25.5 Å². The molecule has 2 aromatic rings. The fourth-order valence-electron chi connectivity index (χ4n) is 2.82. The molecule has 0 radical (unpaired) electrons. The summed E-state index contributed by atoms with van der Waals surface area (Å²) in [5, 5.41) is 11.7. The number of H-pyrrole nitrogens is 1. The van der Waals surface area contributed by atoms with Crippen LogP contribution in [0.4, 0.5) is 5.82 Å². The second kappa shape index (κ2) is 9.77. The summed E-state index contributed by atoms with van der Waals surface area (Å²) in [4.78, 5) is 6.64. The zero-order valence-electron chi connectivity index (χ0n) is 16.1. The van der Waals surface area contributed by atoms with Gasteiger partial charge in [-0.15, -0.1) is 0 Å². The second-order valence-corrected chi connectivity index (χ2v) is 5.90. The van der Waals surface area contributed by atoms with E-state index in [1.165, 1.54) is 0 Å². The van der Waals surface area contributed by atoms with Crippen molar-refractivity contribution in [3.8, 4) is 5.75 Å². The smallest absolute Gasteiger partial charge is 0.161 e. The maximum Gasteiger partial charge on any atom is 0.161 e. The van der Waals surface area contributed by atoms with Crippen molar-refractivity contribution in [1.29, 1.82) is 0 Å². The van der Waals surface area contributed by atoms with Crippen LogP contribution in [0.15, 0.2) is 48.9 Å².